The van der Waals surface area contributed by atoms with Gasteiger partial charge in [-0.25, -0.2) is 0 Å². The van der Waals surface area contributed by atoms with E-state index in [0.717, 1.165) is 6.61 Å². The quantitative estimate of drug-likeness (QED) is 0.817. The lowest BCUT2D eigenvalue weighted by molar-refractivity contribution is 0.0901. The van der Waals surface area contributed by atoms with Gasteiger partial charge in [0.05, 0.1) is 6.10 Å². The number of aromatic nitrogens is 1. The van der Waals surface area contributed by atoms with Crippen LogP contribution in [0.5, 0.6) is 0 Å². The van der Waals surface area contributed by atoms with Crippen LogP contribution in [-0.4, -0.2) is 35.7 Å². The van der Waals surface area contributed by atoms with Gasteiger partial charge in [0, 0.05) is 31.6 Å². The maximum absolute atomic E-state index is 5.71. The van der Waals surface area contributed by atoms with E-state index in [1.807, 2.05) is 18.5 Å². The van der Waals surface area contributed by atoms with E-state index in [1.54, 1.807) is 0 Å². The van der Waals surface area contributed by atoms with Crippen molar-refractivity contribution in [2.24, 2.45) is 0 Å². The van der Waals surface area contributed by atoms with E-state index in [1.165, 1.54) is 50.8 Å². The fourth-order valence-electron chi connectivity index (χ4n) is 3.23. The normalized spacial score (nSPS) is 28.9. The molecule has 2 aliphatic heterocycles. The fourth-order valence-corrected chi connectivity index (χ4v) is 3.23. The van der Waals surface area contributed by atoms with Gasteiger partial charge in [-0.3, -0.25) is 9.88 Å². The molecule has 2 unspecified atom stereocenters. The third-order valence-corrected chi connectivity index (χ3v) is 4.20. The Kier molecular flexibility index (Phi) is 3.91. The standard InChI is InChI=1S/C15H22N2O/c1-4-13(12-16-8-1)15-6-2-9-17(15)10-7-14-5-3-11-18-14/h1,4,8,12,14-15H,2-3,5-7,9-11H2. The highest BCUT2D eigenvalue weighted by Gasteiger charge is 2.27. The molecule has 2 saturated heterocycles. The minimum Gasteiger partial charge on any atom is -0.378 e. The van der Waals surface area contributed by atoms with Gasteiger partial charge in [0.2, 0.25) is 0 Å². The van der Waals surface area contributed by atoms with E-state index in [4.69, 9.17) is 4.74 Å². The Labute approximate surface area is 109 Å². The molecule has 0 spiro atoms. The monoisotopic (exact) mass is 246 g/mol. The first-order chi connectivity index (χ1) is 8.93. The minimum absolute atomic E-state index is 0.514. The highest BCUT2D eigenvalue weighted by atomic mass is 16.5. The number of hydrogen-bond acceptors (Lipinski definition) is 3. The number of hydrogen-bond donors (Lipinski definition) is 0. The molecule has 2 fully saturated rings. The summed E-state index contributed by atoms with van der Waals surface area (Å²) >= 11 is 0. The Balaban J connectivity index is 1.57. The number of likely N-dealkylation sites (tertiary alicyclic amines) is 1. The Hall–Kier alpha value is -0.930. The van der Waals surface area contributed by atoms with Crippen LogP contribution in [0.3, 0.4) is 0 Å². The van der Waals surface area contributed by atoms with Crippen LogP contribution in [0.25, 0.3) is 0 Å². The summed E-state index contributed by atoms with van der Waals surface area (Å²) in [6.45, 7) is 3.37. The molecule has 0 radical (unpaired) electrons. The average Bonchev–Trinajstić information content (AvgIpc) is 3.09. The molecular formula is C15H22N2O. The highest BCUT2D eigenvalue weighted by Crippen LogP contribution is 2.31. The van der Waals surface area contributed by atoms with Crippen molar-refractivity contribution in [3.05, 3.63) is 30.1 Å². The van der Waals surface area contributed by atoms with Crippen molar-refractivity contribution < 1.29 is 4.74 Å². The first-order valence-electron chi connectivity index (χ1n) is 7.19. The Morgan fingerprint density at radius 1 is 1.33 bits per heavy atom. The van der Waals surface area contributed by atoms with Gasteiger partial charge in [-0.2, -0.15) is 0 Å². The number of pyridine rings is 1. The number of ether oxygens (including phenoxy) is 1. The Bertz CT molecular complexity index is 362. The molecule has 0 aliphatic carbocycles. The van der Waals surface area contributed by atoms with E-state index in [0.29, 0.717) is 12.1 Å². The molecule has 3 nitrogen and oxygen atoms in total. The van der Waals surface area contributed by atoms with Crippen molar-refractivity contribution in [2.75, 3.05) is 19.7 Å². The average molecular weight is 246 g/mol. The molecule has 0 N–H and O–H groups in total. The lowest BCUT2D eigenvalue weighted by atomic mass is 10.1. The summed E-state index contributed by atoms with van der Waals surface area (Å²) < 4.78 is 5.71. The second kappa shape index (κ2) is 5.81. The summed E-state index contributed by atoms with van der Waals surface area (Å²) in [5, 5.41) is 0. The maximum atomic E-state index is 5.71. The molecule has 1 aromatic heterocycles. The van der Waals surface area contributed by atoms with E-state index < -0.39 is 0 Å². The molecule has 3 heterocycles. The van der Waals surface area contributed by atoms with Crippen molar-refractivity contribution >= 4 is 0 Å². The van der Waals surface area contributed by atoms with E-state index in [9.17, 15) is 0 Å². The number of nitrogens with zero attached hydrogens (tertiary/aromatic N) is 2. The molecule has 18 heavy (non-hydrogen) atoms. The summed E-state index contributed by atoms with van der Waals surface area (Å²) in [7, 11) is 0. The third-order valence-electron chi connectivity index (χ3n) is 4.20. The Morgan fingerprint density at radius 2 is 2.33 bits per heavy atom. The van der Waals surface area contributed by atoms with Gasteiger partial charge in [0.15, 0.2) is 0 Å². The van der Waals surface area contributed by atoms with Crippen LogP contribution in [0.15, 0.2) is 24.5 Å². The highest BCUT2D eigenvalue weighted by molar-refractivity contribution is 5.15. The van der Waals surface area contributed by atoms with Crippen molar-refractivity contribution in [1.82, 2.24) is 9.88 Å². The number of rotatable bonds is 4. The second-order valence-corrected chi connectivity index (χ2v) is 5.40. The van der Waals surface area contributed by atoms with Crippen molar-refractivity contribution in [1.29, 1.82) is 0 Å². The Morgan fingerprint density at radius 3 is 3.11 bits per heavy atom. The maximum Gasteiger partial charge on any atom is 0.0588 e. The predicted molar refractivity (Wildman–Crippen MR) is 71.4 cm³/mol. The van der Waals surface area contributed by atoms with Crippen molar-refractivity contribution in [2.45, 2.75) is 44.2 Å². The van der Waals surface area contributed by atoms with Gasteiger partial charge < -0.3 is 4.74 Å². The zero-order chi connectivity index (χ0) is 12.2. The summed E-state index contributed by atoms with van der Waals surface area (Å²) in [5.41, 5.74) is 1.38. The largest absolute Gasteiger partial charge is 0.378 e. The van der Waals surface area contributed by atoms with Gasteiger partial charge >= 0.3 is 0 Å². The molecule has 2 atom stereocenters. The van der Waals surface area contributed by atoms with Gasteiger partial charge in [0.25, 0.3) is 0 Å². The SMILES string of the molecule is c1cncc(C2CCCN2CCC2CCCO2)c1. The van der Waals surface area contributed by atoms with Gasteiger partial charge in [-0.05, 0) is 50.3 Å². The van der Waals surface area contributed by atoms with Crippen LogP contribution >= 0.6 is 0 Å². The van der Waals surface area contributed by atoms with E-state index in [-0.39, 0.29) is 0 Å². The first kappa shape index (κ1) is 12.1. The molecule has 0 amide bonds. The summed E-state index contributed by atoms with van der Waals surface area (Å²) in [6.07, 6.45) is 10.7. The van der Waals surface area contributed by atoms with Crippen molar-refractivity contribution in [3.63, 3.8) is 0 Å². The molecule has 3 heteroatoms. The third kappa shape index (κ3) is 2.73. The van der Waals surface area contributed by atoms with Crippen LogP contribution in [-0.2, 0) is 4.74 Å². The van der Waals surface area contributed by atoms with Gasteiger partial charge in [0.1, 0.15) is 0 Å². The lowest BCUT2D eigenvalue weighted by Crippen LogP contribution is -2.27. The zero-order valence-electron chi connectivity index (χ0n) is 10.9. The smallest absolute Gasteiger partial charge is 0.0588 e. The molecule has 1 aromatic rings. The predicted octanol–water partition coefficient (Wildman–Crippen LogP) is 2.79. The van der Waals surface area contributed by atoms with Crippen LogP contribution in [0.2, 0.25) is 0 Å². The first-order valence-corrected chi connectivity index (χ1v) is 7.19. The van der Waals surface area contributed by atoms with Crippen LogP contribution < -0.4 is 0 Å². The van der Waals surface area contributed by atoms with Crippen LogP contribution in [0, 0.1) is 0 Å². The van der Waals surface area contributed by atoms with Crippen LogP contribution in [0.1, 0.15) is 43.7 Å². The molecule has 0 saturated carbocycles. The molecule has 0 bridgehead atoms. The summed E-state index contributed by atoms with van der Waals surface area (Å²) in [5.74, 6) is 0. The molecule has 3 rings (SSSR count). The molecular weight excluding hydrogens is 224 g/mol. The van der Waals surface area contributed by atoms with Crippen molar-refractivity contribution in [3.8, 4) is 0 Å². The fraction of sp³-hybridized carbons (Fsp3) is 0.667. The molecule has 2 aliphatic rings. The van der Waals surface area contributed by atoms with Gasteiger partial charge in [-0.1, -0.05) is 6.07 Å². The lowest BCUT2D eigenvalue weighted by Gasteiger charge is -2.25. The zero-order valence-corrected chi connectivity index (χ0v) is 10.9. The summed E-state index contributed by atoms with van der Waals surface area (Å²) in [4.78, 5) is 6.86. The second-order valence-electron chi connectivity index (χ2n) is 5.40. The topological polar surface area (TPSA) is 25.4 Å². The van der Waals surface area contributed by atoms with Crippen LogP contribution in [0.4, 0.5) is 0 Å². The minimum atomic E-state index is 0.514. The van der Waals surface area contributed by atoms with Gasteiger partial charge in [-0.15, -0.1) is 0 Å². The summed E-state index contributed by atoms with van der Waals surface area (Å²) in [6, 6.07) is 4.84. The van der Waals surface area contributed by atoms with E-state index in [2.05, 4.69) is 16.0 Å². The van der Waals surface area contributed by atoms with E-state index >= 15 is 0 Å². The molecule has 98 valence electrons. The molecule has 0 aromatic carbocycles.